The fraction of sp³-hybridized carbons (Fsp3) is 0.588. The molecule has 6 heteroatoms. The summed E-state index contributed by atoms with van der Waals surface area (Å²) in [5.74, 6) is -1.39. The summed E-state index contributed by atoms with van der Waals surface area (Å²) in [5.41, 5.74) is 0.694. The van der Waals surface area contributed by atoms with Crippen molar-refractivity contribution in [3.05, 3.63) is 35.9 Å². The number of hydrogen-bond donors (Lipinski definition) is 0. The first-order valence-corrected chi connectivity index (χ1v) is 10.1. The van der Waals surface area contributed by atoms with Crippen LogP contribution in [-0.4, -0.2) is 56.5 Å². The van der Waals surface area contributed by atoms with Crippen molar-refractivity contribution in [2.45, 2.75) is 43.4 Å². The number of nitrogens with zero attached hydrogens (tertiary/aromatic N) is 1. The first-order valence-electron chi connectivity index (χ1n) is 8.00. The van der Waals surface area contributed by atoms with E-state index in [-0.39, 0.29) is 17.9 Å². The number of carbonyl (C=O) groups is 1. The first-order chi connectivity index (χ1) is 10.8. The lowest BCUT2D eigenvalue weighted by molar-refractivity contribution is -0.151. The van der Waals surface area contributed by atoms with Crippen LogP contribution >= 0.6 is 0 Å². The Balaban J connectivity index is 1.76. The predicted octanol–water partition coefficient (Wildman–Crippen LogP) is 1.59. The molecule has 0 unspecified atom stereocenters. The third kappa shape index (κ3) is 3.58. The van der Waals surface area contributed by atoms with Gasteiger partial charge in [-0.3, -0.25) is 9.69 Å². The Hall–Kier alpha value is -1.40. The van der Waals surface area contributed by atoms with Gasteiger partial charge in [-0.2, -0.15) is 0 Å². The number of likely N-dealkylation sites (N-methyl/N-ethyl adjacent to an activating group) is 1. The summed E-state index contributed by atoms with van der Waals surface area (Å²) in [6.45, 7) is 0. The van der Waals surface area contributed by atoms with Crippen molar-refractivity contribution in [2.75, 3.05) is 19.1 Å². The van der Waals surface area contributed by atoms with Gasteiger partial charge in [-0.1, -0.05) is 30.3 Å². The van der Waals surface area contributed by atoms with Gasteiger partial charge in [-0.25, -0.2) is 8.42 Å². The number of rotatable bonds is 5. The molecule has 4 atom stereocenters. The second-order valence-corrected chi connectivity index (χ2v) is 8.92. The number of sulfone groups is 1. The molecule has 1 aromatic carbocycles. The summed E-state index contributed by atoms with van der Waals surface area (Å²) in [6, 6.07) is 9.79. The highest BCUT2D eigenvalue weighted by Crippen LogP contribution is 2.38. The van der Waals surface area contributed by atoms with E-state index in [1.807, 2.05) is 18.2 Å². The van der Waals surface area contributed by atoms with Crippen LogP contribution in [0.1, 0.15) is 30.7 Å². The zero-order valence-electron chi connectivity index (χ0n) is 13.5. The van der Waals surface area contributed by atoms with E-state index in [9.17, 15) is 13.2 Å². The number of carbonyl (C=O) groups excluding carboxylic acids is 1. The van der Waals surface area contributed by atoms with Gasteiger partial charge >= 0.3 is 5.97 Å². The second kappa shape index (κ2) is 6.24. The summed E-state index contributed by atoms with van der Waals surface area (Å²) < 4.78 is 29.2. The Bertz CT molecular complexity index is 673. The summed E-state index contributed by atoms with van der Waals surface area (Å²) in [5, 5.41) is 0. The lowest BCUT2D eigenvalue weighted by Gasteiger charge is -2.24. The first kappa shape index (κ1) is 16.5. The summed E-state index contributed by atoms with van der Waals surface area (Å²) in [4.78, 5) is 14.9. The number of fused-ring (bicyclic) bond motifs is 2. The van der Waals surface area contributed by atoms with Crippen molar-refractivity contribution in [3.63, 3.8) is 0 Å². The number of benzene rings is 1. The third-order valence-electron chi connectivity index (χ3n) is 5.05. The predicted molar refractivity (Wildman–Crippen MR) is 88.0 cm³/mol. The Labute approximate surface area is 137 Å². The molecule has 0 saturated carbocycles. The zero-order chi connectivity index (χ0) is 16.6. The molecule has 2 bridgehead atoms. The van der Waals surface area contributed by atoms with Gasteiger partial charge in [0.2, 0.25) is 0 Å². The maximum absolute atomic E-state index is 12.7. The van der Waals surface area contributed by atoms with Gasteiger partial charge in [0.1, 0.15) is 15.9 Å². The molecule has 1 aromatic rings. The van der Waals surface area contributed by atoms with Gasteiger partial charge in [0, 0.05) is 24.8 Å². The average molecular weight is 337 g/mol. The van der Waals surface area contributed by atoms with Crippen molar-refractivity contribution < 1.29 is 17.9 Å². The highest BCUT2D eigenvalue weighted by molar-refractivity contribution is 7.90. The Kier molecular flexibility index (Phi) is 4.47. The van der Waals surface area contributed by atoms with E-state index in [1.165, 1.54) is 0 Å². The van der Waals surface area contributed by atoms with Crippen LogP contribution in [-0.2, 0) is 19.4 Å². The van der Waals surface area contributed by atoms with Crippen molar-refractivity contribution in [1.29, 1.82) is 0 Å². The van der Waals surface area contributed by atoms with Gasteiger partial charge in [-0.15, -0.1) is 0 Å². The van der Waals surface area contributed by atoms with Crippen molar-refractivity contribution in [3.8, 4) is 0 Å². The Morgan fingerprint density at radius 1 is 1.30 bits per heavy atom. The van der Waals surface area contributed by atoms with Crippen LogP contribution in [0.3, 0.4) is 0 Å². The molecule has 0 aromatic heterocycles. The van der Waals surface area contributed by atoms with Gasteiger partial charge in [0.05, 0.1) is 11.7 Å². The van der Waals surface area contributed by atoms with Crippen molar-refractivity contribution >= 4 is 15.8 Å². The SMILES string of the molecule is CN1[C@H]2CC[C@H]1[C@@H](OC(=O)[C@@H](CS(C)(=O)=O)c1ccccc1)C2. The van der Waals surface area contributed by atoms with E-state index in [1.54, 1.807) is 12.1 Å². The topological polar surface area (TPSA) is 63.7 Å². The highest BCUT2D eigenvalue weighted by Gasteiger charge is 2.46. The average Bonchev–Trinajstić information content (AvgIpc) is 2.99. The third-order valence-corrected chi connectivity index (χ3v) is 5.99. The number of ether oxygens (including phenoxy) is 1. The number of hydrogen-bond acceptors (Lipinski definition) is 5. The minimum atomic E-state index is -3.28. The molecule has 0 amide bonds. The molecule has 3 rings (SSSR count). The molecule has 23 heavy (non-hydrogen) atoms. The fourth-order valence-corrected chi connectivity index (χ4v) is 4.78. The van der Waals surface area contributed by atoms with Crippen molar-refractivity contribution in [1.82, 2.24) is 4.90 Å². The maximum Gasteiger partial charge on any atom is 0.314 e. The minimum Gasteiger partial charge on any atom is -0.460 e. The lowest BCUT2D eigenvalue weighted by Crippen LogP contribution is -2.35. The highest BCUT2D eigenvalue weighted by atomic mass is 32.2. The molecule has 2 saturated heterocycles. The number of esters is 1. The monoisotopic (exact) mass is 337 g/mol. The van der Waals surface area contributed by atoms with E-state index < -0.39 is 21.7 Å². The van der Waals surface area contributed by atoms with E-state index in [0.717, 1.165) is 25.5 Å². The Morgan fingerprint density at radius 2 is 2.00 bits per heavy atom. The van der Waals surface area contributed by atoms with Gasteiger partial charge < -0.3 is 4.74 Å². The molecule has 0 N–H and O–H groups in total. The molecule has 0 aliphatic carbocycles. The van der Waals surface area contributed by atoms with Crippen LogP contribution in [0.15, 0.2) is 30.3 Å². The summed E-state index contributed by atoms with van der Waals surface area (Å²) >= 11 is 0. The van der Waals surface area contributed by atoms with Crippen LogP contribution in [0.2, 0.25) is 0 Å². The molecule has 126 valence electrons. The molecule has 2 heterocycles. The molecule has 2 aliphatic rings. The van der Waals surface area contributed by atoms with Gasteiger partial charge in [-0.05, 0) is 25.5 Å². The van der Waals surface area contributed by atoms with Crippen LogP contribution in [0.4, 0.5) is 0 Å². The molecular formula is C17H23NO4S. The lowest BCUT2D eigenvalue weighted by atomic mass is 9.97. The van der Waals surface area contributed by atoms with E-state index >= 15 is 0 Å². The minimum absolute atomic E-state index is 0.114. The molecule has 2 fully saturated rings. The molecular weight excluding hydrogens is 314 g/mol. The van der Waals surface area contributed by atoms with E-state index in [4.69, 9.17) is 4.74 Å². The summed E-state index contributed by atoms with van der Waals surface area (Å²) in [7, 11) is -1.21. The normalized spacial score (nSPS) is 28.7. The second-order valence-electron chi connectivity index (χ2n) is 6.73. The Morgan fingerprint density at radius 3 is 2.52 bits per heavy atom. The molecule has 0 radical (unpaired) electrons. The van der Waals surface area contributed by atoms with Gasteiger partial charge in [0.25, 0.3) is 0 Å². The smallest absolute Gasteiger partial charge is 0.314 e. The van der Waals surface area contributed by atoms with E-state index in [2.05, 4.69) is 11.9 Å². The van der Waals surface area contributed by atoms with Crippen LogP contribution in [0, 0.1) is 0 Å². The molecule has 2 aliphatic heterocycles. The summed E-state index contributed by atoms with van der Waals surface area (Å²) in [6.07, 6.45) is 4.09. The fourth-order valence-electron chi connectivity index (χ4n) is 3.85. The van der Waals surface area contributed by atoms with Crippen LogP contribution < -0.4 is 0 Å². The molecule has 5 nitrogen and oxygen atoms in total. The van der Waals surface area contributed by atoms with Crippen LogP contribution in [0.25, 0.3) is 0 Å². The quantitative estimate of drug-likeness (QED) is 0.764. The van der Waals surface area contributed by atoms with E-state index in [0.29, 0.717) is 11.6 Å². The largest absolute Gasteiger partial charge is 0.460 e. The molecule has 0 spiro atoms. The standard InChI is InChI=1S/C17H23NO4S/c1-18-13-8-9-15(18)16(10-13)22-17(19)14(11-23(2,20)21)12-6-4-3-5-7-12/h3-7,13-16H,8-11H2,1-2H3/t13-,14-,15-,16-/m0/s1. The van der Waals surface area contributed by atoms with Crippen molar-refractivity contribution in [2.24, 2.45) is 0 Å². The zero-order valence-corrected chi connectivity index (χ0v) is 14.3. The van der Waals surface area contributed by atoms with Gasteiger partial charge in [0.15, 0.2) is 0 Å². The maximum atomic E-state index is 12.7. The van der Waals surface area contributed by atoms with Crippen LogP contribution in [0.5, 0.6) is 0 Å².